The van der Waals surface area contributed by atoms with Gasteiger partial charge in [0.15, 0.2) is 0 Å². The van der Waals surface area contributed by atoms with Crippen LogP contribution in [-0.4, -0.2) is 53.2 Å². The molecule has 7 nitrogen and oxygen atoms in total. The number of carbonyl (C=O) groups excluding carboxylic acids is 2. The summed E-state index contributed by atoms with van der Waals surface area (Å²) in [6.07, 6.45) is 0.768. The van der Waals surface area contributed by atoms with Crippen LogP contribution in [0.4, 0.5) is 0 Å². The van der Waals surface area contributed by atoms with Crippen molar-refractivity contribution in [2.75, 3.05) is 26.7 Å². The molecular formula is C24H26N4O3. The minimum absolute atomic E-state index is 0.0512. The summed E-state index contributed by atoms with van der Waals surface area (Å²) in [6.45, 7) is 3.68. The molecule has 2 aromatic carbocycles. The topological polar surface area (TPSA) is 76.5 Å². The number of benzene rings is 2. The molecule has 3 aromatic rings. The molecule has 1 aliphatic rings. The molecule has 0 aliphatic carbocycles. The number of hydrogen-bond acceptors (Lipinski definition) is 4. The summed E-state index contributed by atoms with van der Waals surface area (Å²) in [5.74, 6) is 0.446. The Morgan fingerprint density at radius 1 is 1.13 bits per heavy atom. The lowest BCUT2D eigenvalue weighted by atomic mass is 10.1. The number of nitrogens with one attached hydrogen (secondary N) is 1. The van der Waals surface area contributed by atoms with Crippen LogP contribution in [0.1, 0.15) is 21.6 Å². The van der Waals surface area contributed by atoms with Crippen molar-refractivity contribution in [1.82, 2.24) is 20.0 Å². The lowest BCUT2D eigenvalue weighted by Gasteiger charge is -2.26. The van der Waals surface area contributed by atoms with Gasteiger partial charge >= 0.3 is 0 Å². The monoisotopic (exact) mass is 418 g/mol. The summed E-state index contributed by atoms with van der Waals surface area (Å²) >= 11 is 0. The third kappa shape index (κ3) is 4.60. The molecule has 31 heavy (non-hydrogen) atoms. The van der Waals surface area contributed by atoms with E-state index in [2.05, 4.69) is 29.5 Å². The molecule has 2 heterocycles. The number of fused-ring (bicyclic) bond motifs is 1. The molecule has 160 valence electrons. The highest BCUT2D eigenvalue weighted by Gasteiger charge is 2.28. The zero-order chi connectivity index (χ0) is 21.8. The first kappa shape index (κ1) is 20.7. The first-order valence-electron chi connectivity index (χ1n) is 10.4. The summed E-state index contributed by atoms with van der Waals surface area (Å²) in [5.41, 5.74) is 4.58. The second-order valence-electron chi connectivity index (χ2n) is 7.62. The van der Waals surface area contributed by atoms with Gasteiger partial charge < -0.3 is 15.0 Å². The van der Waals surface area contributed by atoms with Gasteiger partial charge in [0.25, 0.3) is 5.91 Å². The molecule has 1 aliphatic heterocycles. The molecular weight excluding hydrogens is 392 g/mol. The van der Waals surface area contributed by atoms with Crippen molar-refractivity contribution >= 4 is 11.8 Å². The van der Waals surface area contributed by atoms with E-state index < -0.39 is 0 Å². The quantitative estimate of drug-likeness (QED) is 0.640. The van der Waals surface area contributed by atoms with Crippen LogP contribution in [0.25, 0.3) is 11.3 Å². The van der Waals surface area contributed by atoms with Gasteiger partial charge in [0.2, 0.25) is 5.91 Å². The van der Waals surface area contributed by atoms with Crippen LogP contribution in [0, 0.1) is 6.92 Å². The Kier molecular flexibility index (Phi) is 6.02. The van der Waals surface area contributed by atoms with E-state index in [1.165, 1.54) is 11.1 Å². The number of methoxy groups -OCH3 is 1. The fourth-order valence-corrected chi connectivity index (χ4v) is 3.75. The van der Waals surface area contributed by atoms with Crippen molar-refractivity contribution in [3.8, 4) is 17.0 Å². The standard InChI is InChI=1S/C24H26N4O3/c1-17-5-3-4-6-18(17)11-12-25-23(29)16-27-13-14-28-22(24(27)30)15-21(26-28)19-7-9-20(31-2)10-8-19/h3-10,15H,11-14,16H2,1-2H3,(H,25,29). The van der Waals surface area contributed by atoms with Crippen molar-refractivity contribution in [3.63, 3.8) is 0 Å². The minimum Gasteiger partial charge on any atom is -0.497 e. The smallest absolute Gasteiger partial charge is 0.272 e. The van der Waals surface area contributed by atoms with E-state index in [9.17, 15) is 9.59 Å². The first-order valence-corrected chi connectivity index (χ1v) is 10.4. The molecule has 4 rings (SSSR count). The molecule has 0 bridgehead atoms. The molecule has 2 amide bonds. The average Bonchev–Trinajstić information content (AvgIpc) is 3.22. The van der Waals surface area contributed by atoms with Gasteiger partial charge in [0.05, 0.1) is 25.9 Å². The third-order valence-electron chi connectivity index (χ3n) is 5.57. The summed E-state index contributed by atoms with van der Waals surface area (Å²) in [5, 5.41) is 7.48. The molecule has 0 saturated carbocycles. The van der Waals surface area contributed by atoms with Gasteiger partial charge in [-0.3, -0.25) is 14.3 Å². The number of carbonyl (C=O) groups is 2. The molecule has 1 N–H and O–H groups in total. The van der Waals surface area contributed by atoms with Crippen LogP contribution >= 0.6 is 0 Å². The van der Waals surface area contributed by atoms with E-state index in [-0.39, 0.29) is 18.4 Å². The maximum atomic E-state index is 12.9. The molecule has 1 aromatic heterocycles. The van der Waals surface area contributed by atoms with Gasteiger partial charge in [0.1, 0.15) is 11.4 Å². The zero-order valence-electron chi connectivity index (χ0n) is 17.8. The van der Waals surface area contributed by atoms with Crippen LogP contribution < -0.4 is 10.1 Å². The van der Waals surface area contributed by atoms with E-state index in [0.29, 0.717) is 25.3 Å². The maximum absolute atomic E-state index is 12.9. The summed E-state index contributed by atoms with van der Waals surface area (Å²) in [7, 11) is 1.62. The zero-order valence-corrected chi connectivity index (χ0v) is 17.8. The van der Waals surface area contributed by atoms with Crippen LogP contribution in [0.2, 0.25) is 0 Å². The number of aromatic nitrogens is 2. The molecule has 7 heteroatoms. The Morgan fingerprint density at radius 2 is 1.90 bits per heavy atom. The largest absolute Gasteiger partial charge is 0.497 e. The number of nitrogens with zero attached hydrogens (tertiary/aromatic N) is 3. The number of rotatable bonds is 7. The Bertz CT molecular complexity index is 1090. The predicted molar refractivity (Wildman–Crippen MR) is 118 cm³/mol. The molecule has 0 saturated heterocycles. The highest BCUT2D eigenvalue weighted by atomic mass is 16.5. The predicted octanol–water partition coefficient (Wildman–Crippen LogP) is 2.68. The fourth-order valence-electron chi connectivity index (χ4n) is 3.75. The van der Waals surface area contributed by atoms with Gasteiger partial charge in [-0.25, -0.2) is 0 Å². The average molecular weight is 418 g/mol. The summed E-state index contributed by atoms with van der Waals surface area (Å²) in [6, 6.07) is 17.5. The minimum atomic E-state index is -0.174. The van der Waals surface area contributed by atoms with Gasteiger partial charge in [0, 0.05) is 18.7 Å². The number of hydrogen-bond donors (Lipinski definition) is 1. The van der Waals surface area contributed by atoms with Crippen LogP contribution in [0.5, 0.6) is 5.75 Å². The van der Waals surface area contributed by atoms with Gasteiger partial charge in [-0.05, 0) is 54.8 Å². The lowest BCUT2D eigenvalue weighted by molar-refractivity contribution is -0.121. The summed E-state index contributed by atoms with van der Waals surface area (Å²) in [4.78, 5) is 26.9. The van der Waals surface area contributed by atoms with Crippen molar-refractivity contribution in [1.29, 1.82) is 0 Å². The van der Waals surface area contributed by atoms with E-state index in [4.69, 9.17) is 4.74 Å². The SMILES string of the molecule is COc1ccc(-c2cc3n(n2)CCN(CC(=O)NCCc2ccccc2C)C3=O)cc1. The molecule has 0 radical (unpaired) electrons. The normalized spacial score (nSPS) is 13.1. The van der Waals surface area contributed by atoms with Crippen molar-refractivity contribution in [2.45, 2.75) is 19.9 Å². The van der Waals surface area contributed by atoms with Gasteiger partial charge in [-0.1, -0.05) is 24.3 Å². The second-order valence-corrected chi connectivity index (χ2v) is 7.62. The van der Waals surface area contributed by atoms with Crippen LogP contribution in [0.3, 0.4) is 0 Å². The fraction of sp³-hybridized carbons (Fsp3) is 0.292. The first-order chi connectivity index (χ1) is 15.0. The molecule has 0 spiro atoms. The Hall–Kier alpha value is -3.61. The van der Waals surface area contributed by atoms with Crippen LogP contribution in [-0.2, 0) is 17.8 Å². The van der Waals surface area contributed by atoms with Gasteiger partial charge in [-0.15, -0.1) is 0 Å². The van der Waals surface area contributed by atoms with E-state index in [1.54, 1.807) is 22.8 Å². The van der Waals surface area contributed by atoms with Crippen molar-refractivity contribution in [3.05, 3.63) is 71.4 Å². The second kappa shape index (κ2) is 9.04. The molecule has 0 atom stereocenters. The summed E-state index contributed by atoms with van der Waals surface area (Å²) < 4.78 is 6.91. The Balaban J connectivity index is 1.35. The van der Waals surface area contributed by atoms with Gasteiger partial charge in [-0.2, -0.15) is 5.10 Å². The van der Waals surface area contributed by atoms with Crippen molar-refractivity contribution in [2.24, 2.45) is 0 Å². The van der Waals surface area contributed by atoms with E-state index in [1.807, 2.05) is 36.4 Å². The number of ether oxygens (including phenoxy) is 1. The maximum Gasteiger partial charge on any atom is 0.272 e. The lowest BCUT2D eigenvalue weighted by Crippen LogP contribution is -2.46. The number of amides is 2. The van der Waals surface area contributed by atoms with Crippen LogP contribution in [0.15, 0.2) is 54.6 Å². The van der Waals surface area contributed by atoms with Crippen molar-refractivity contribution < 1.29 is 14.3 Å². The van der Waals surface area contributed by atoms with E-state index in [0.717, 1.165) is 23.4 Å². The highest BCUT2D eigenvalue weighted by molar-refractivity contribution is 5.96. The van der Waals surface area contributed by atoms with E-state index >= 15 is 0 Å². The Labute approximate surface area is 181 Å². The molecule has 0 fully saturated rings. The molecule has 0 unspecified atom stereocenters. The third-order valence-corrected chi connectivity index (χ3v) is 5.57. The number of aryl methyl sites for hydroxylation is 1. The Morgan fingerprint density at radius 3 is 2.65 bits per heavy atom. The highest BCUT2D eigenvalue weighted by Crippen LogP contribution is 2.24.